The molecule has 6 heteroatoms. The number of terminal acetylenes is 1. The average Bonchev–Trinajstić information content (AvgIpc) is 3.46. The average molecular weight is 347 g/mol. The molecular formula is C20H21N5O. The summed E-state index contributed by atoms with van der Waals surface area (Å²) < 4.78 is 0. The van der Waals surface area contributed by atoms with E-state index in [1.807, 2.05) is 36.4 Å². The lowest BCUT2D eigenvalue weighted by Gasteiger charge is -2.18. The zero-order valence-electron chi connectivity index (χ0n) is 14.5. The van der Waals surface area contributed by atoms with Crippen LogP contribution in [0.4, 0.5) is 0 Å². The highest BCUT2D eigenvalue weighted by Gasteiger charge is 2.39. The van der Waals surface area contributed by atoms with Gasteiger partial charge < -0.3 is 5.32 Å². The first kappa shape index (κ1) is 17.7. The van der Waals surface area contributed by atoms with Gasteiger partial charge in [0.2, 0.25) is 5.91 Å². The molecule has 0 bridgehead atoms. The van der Waals surface area contributed by atoms with Gasteiger partial charge >= 0.3 is 0 Å². The zero-order chi connectivity index (χ0) is 18.2. The first-order chi connectivity index (χ1) is 12.7. The van der Waals surface area contributed by atoms with Crippen LogP contribution in [0, 0.1) is 12.3 Å². The highest BCUT2D eigenvalue weighted by atomic mass is 16.1. The summed E-state index contributed by atoms with van der Waals surface area (Å²) in [5.74, 6) is 2.55. The van der Waals surface area contributed by atoms with Crippen LogP contribution in [0.5, 0.6) is 0 Å². The lowest BCUT2D eigenvalue weighted by atomic mass is 10.0. The van der Waals surface area contributed by atoms with Gasteiger partial charge in [0.25, 0.3) is 0 Å². The lowest BCUT2D eigenvalue weighted by molar-refractivity contribution is -0.122. The van der Waals surface area contributed by atoms with E-state index in [2.05, 4.69) is 31.4 Å². The maximum atomic E-state index is 12.5. The smallest absolute Gasteiger partial charge is 0.220 e. The summed E-state index contributed by atoms with van der Waals surface area (Å²) in [7, 11) is 0. The number of nitrogens with zero attached hydrogens (tertiary/aromatic N) is 4. The van der Waals surface area contributed by atoms with Gasteiger partial charge in [-0.3, -0.25) is 14.8 Å². The highest BCUT2D eigenvalue weighted by molar-refractivity contribution is 5.76. The fourth-order valence-electron chi connectivity index (χ4n) is 2.79. The van der Waals surface area contributed by atoms with E-state index in [0.717, 1.165) is 11.4 Å². The number of amides is 1. The van der Waals surface area contributed by atoms with Crippen molar-refractivity contribution in [1.29, 1.82) is 0 Å². The molecule has 2 aromatic rings. The summed E-state index contributed by atoms with van der Waals surface area (Å²) in [5, 5.41) is 11.2. The van der Waals surface area contributed by atoms with Crippen LogP contribution in [-0.2, 0) is 11.2 Å². The monoisotopic (exact) mass is 347 g/mol. The van der Waals surface area contributed by atoms with E-state index >= 15 is 0 Å². The molecule has 0 aliphatic carbocycles. The maximum absolute atomic E-state index is 12.5. The number of rotatable bonds is 9. The first-order valence-corrected chi connectivity index (χ1v) is 8.68. The van der Waals surface area contributed by atoms with E-state index in [0.29, 0.717) is 32.1 Å². The number of carbonyl (C=O) groups is 1. The van der Waals surface area contributed by atoms with Crippen molar-refractivity contribution in [3.05, 3.63) is 60.2 Å². The molecule has 0 radical (unpaired) electrons. The van der Waals surface area contributed by atoms with Crippen molar-refractivity contribution in [1.82, 2.24) is 15.3 Å². The normalized spacial score (nSPS) is 15.0. The second kappa shape index (κ2) is 8.34. The van der Waals surface area contributed by atoms with Gasteiger partial charge in [-0.05, 0) is 24.3 Å². The molecule has 0 saturated heterocycles. The second-order valence-electron chi connectivity index (χ2n) is 6.29. The van der Waals surface area contributed by atoms with Crippen LogP contribution in [0.3, 0.4) is 0 Å². The van der Waals surface area contributed by atoms with Gasteiger partial charge in [0, 0.05) is 50.2 Å². The number of aromatic nitrogens is 2. The lowest BCUT2D eigenvalue weighted by Crippen LogP contribution is -2.31. The van der Waals surface area contributed by atoms with E-state index in [1.165, 1.54) is 0 Å². The standard InChI is InChI=1S/C20H21N5O/c1-2-3-11-20(24-25-20)12-10-19(26)23-18(17-9-5-7-14-22-17)15-16-8-4-6-13-21-16/h1,4-9,13-14,18H,3,10-12,15H2,(H,23,26). The van der Waals surface area contributed by atoms with Gasteiger partial charge in [0.05, 0.1) is 11.7 Å². The van der Waals surface area contributed by atoms with E-state index in [1.54, 1.807) is 12.4 Å². The van der Waals surface area contributed by atoms with Gasteiger partial charge in [-0.25, -0.2) is 0 Å². The van der Waals surface area contributed by atoms with Crippen LogP contribution in [0.15, 0.2) is 59.0 Å². The third kappa shape index (κ3) is 4.96. The van der Waals surface area contributed by atoms with E-state index in [9.17, 15) is 4.79 Å². The SMILES string of the molecule is C#CCCC1(CCC(=O)NC(Cc2ccccn2)c2ccccn2)N=N1. The Bertz CT molecular complexity index is 792. The Morgan fingerprint density at radius 2 is 1.88 bits per heavy atom. The molecular weight excluding hydrogens is 326 g/mol. The molecule has 0 aromatic carbocycles. The first-order valence-electron chi connectivity index (χ1n) is 8.68. The Balaban J connectivity index is 1.60. The number of hydrogen-bond donors (Lipinski definition) is 1. The molecule has 1 unspecified atom stereocenters. The van der Waals surface area contributed by atoms with Gasteiger partial charge in [-0.2, -0.15) is 10.2 Å². The molecule has 0 fully saturated rings. The Morgan fingerprint density at radius 1 is 1.12 bits per heavy atom. The largest absolute Gasteiger partial charge is 0.347 e. The van der Waals surface area contributed by atoms with Crippen LogP contribution in [0.1, 0.15) is 43.1 Å². The zero-order valence-corrected chi connectivity index (χ0v) is 14.5. The Labute approximate surface area is 153 Å². The quantitative estimate of drug-likeness (QED) is 0.707. The van der Waals surface area contributed by atoms with Crippen molar-refractivity contribution >= 4 is 5.91 Å². The summed E-state index contributed by atoms with van der Waals surface area (Å²) in [6.07, 6.45) is 11.6. The molecule has 3 rings (SSSR count). The van der Waals surface area contributed by atoms with Crippen molar-refractivity contribution in [2.75, 3.05) is 0 Å². The van der Waals surface area contributed by atoms with Crippen LogP contribution in [-0.4, -0.2) is 21.5 Å². The molecule has 1 aliphatic heterocycles. The Morgan fingerprint density at radius 3 is 2.50 bits per heavy atom. The number of hydrogen-bond acceptors (Lipinski definition) is 5. The molecule has 1 amide bonds. The molecule has 0 spiro atoms. The summed E-state index contributed by atoms with van der Waals surface area (Å²) in [5.41, 5.74) is 1.28. The number of nitrogens with one attached hydrogen (secondary N) is 1. The van der Waals surface area contributed by atoms with Crippen molar-refractivity contribution in [2.45, 2.75) is 43.8 Å². The molecule has 2 aromatic heterocycles. The molecule has 1 N–H and O–H groups in total. The van der Waals surface area contributed by atoms with E-state index < -0.39 is 5.66 Å². The minimum Gasteiger partial charge on any atom is -0.347 e. The molecule has 132 valence electrons. The van der Waals surface area contributed by atoms with Crippen molar-refractivity contribution in [3.63, 3.8) is 0 Å². The number of pyridine rings is 2. The molecule has 0 saturated carbocycles. The van der Waals surface area contributed by atoms with Crippen LogP contribution in [0.25, 0.3) is 0 Å². The van der Waals surface area contributed by atoms with Gasteiger partial charge in [-0.15, -0.1) is 12.3 Å². The third-order valence-corrected chi connectivity index (χ3v) is 4.32. The summed E-state index contributed by atoms with van der Waals surface area (Å²) in [6.45, 7) is 0. The Hall–Kier alpha value is -3.07. The van der Waals surface area contributed by atoms with Gasteiger partial charge in [0.1, 0.15) is 0 Å². The minimum absolute atomic E-state index is 0.0473. The predicted molar refractivity (Wildman–Crippen MR) is 97.9 cm³/mol. The summed E-state index contributed by atoms with van der Waals surface area (Å²) in [4.78, 5) is 21.2. The van der Waals surface area contributed by atoms with Crippen LogP contribution < -0.4 is 5.32 Å². The fraction of sp³-hybridized carbons (Fsp3) is 0.350. The molecule has 3 heterocycles. The molecule has 6 nitrogen and oxygen atoms in total. The summed E-state index contributed by atoms with van der Waals surface area (Å²) in [6, 6.07) is 11.2. The van der Waals surface area contributed by atoms with E-state index in [-0.39, 0.29) is 11.9 Å². The number of carbonyl (C=O) groups excluding carboxylic acids is 1. The van der Waals surface area contributed by atoms with Crippen LogP contribution >= 0.6 is 0 Å². The van der Waals surface area contributed by atoms with E-state index in [4.69, 9.17) is 6.42 Å². The molecule has 1 atom stereocenters. The molecule has 26 heavy (non-hydrogen) atoms. The maximum Gasteiger partial charge on any atom is 0.220 e. The summed E-state index contributed by atoms with van der Waals surface area (Å²) >= 11 is 0. The molecule has 1 aliphatic rings. The van der Waals surface area contributed by atoms with Gasteiger partial charge in [-0.1, -0.05) is 12.1 Å². The predicted octanol–water partition coefficient (Wildman–Crippen LogP) is 3.23. The fourth-order valence-corrected chi connectivity index (χ4v) is 2.79. The minimum atomic E-state index is -0.439. The topological polar surface area (TPSA) is 79.6 Å². The van der Waals surface area contributed by atoms with Crippen molar-refractivity contribution < 1.29 is 4.79 Å². The van der Waals surface area contributed by atoms with Gasteiger partial charge in [0.15, 0.2) is 5.66 Å². The highest BCUT2D eigenvalue weighted by Crippen LogP contribution is 2.37. The Kier molecular flexibility index (Phi) is 5.69. The van der Waals surface area contributed by atoms with Crippen LogP contribution in [0.2, 0.25) is 0 Å². The second-order valence-corrected chi connectivity index (χ2v) is 6.29. The third-order valence-electron chi connectivity index (χ3n) is 4.32. The van der Waals surface area contributed by atoms with Crippen molar-refractivity contribution in [3.8, 4) is 12.3 Å². The van der Waals surface area contributed by atoms with Crippen molar-refractivity contribution in [2.24, 2.45) is 10.2 Å².